The Kier molecular flexibility index (Phi) is 17.8. The van der Waals surface area contributed by atoms with Crippen LogP contribution in [0.25, 0.3) is 0 Å². The van der Waals surface area contributed by atoms with Crippen molar-refractivity contribution in [1.82, 2.24) is 0 Å². The van der Waals surface area contributed by atoms with E-state index in [2.05, 4.69) is 20.8 Å². The Morgan fingerprint density at radius 3 is 1.77 bits per heavy atom. The summed E-state index contributed by atoms with van der Waals surface area (Å²) in [4.78, 5) is 14.7. The first-order chi connectivity index (χ1) is 35.6. The SMILES string of the molecule is CC1=C(CC[C@@H](C)CO[C@@H]2O[C@H](CO)[C@@H](O)[C@H](O)[C@H]2O)O[C@H]2C[C@H]3[C@@H]4CC[C@H]5C[C@@H](O[C@@H]6O[C@H](CO)[C@@H](O[C@@H]7O[C@H](CO)[C@@H](O)[C@H](O)[C@H]7O[C@@H]7O[C@H](CO)[C@@H](O)[C@H](O)[C@H]7O)[C@H](O)[C@H]6O)CC[C@]5(C)[C@H]4CC(=O)[C@]3(C)[C@@H]12. The van der Waals surface area contributed by atoms with E-state index in [9.17, 15) is 76.3 Å². The van der Waals surface area contributed by atoms with Crippen LogP contribution in [-0.2, 0) is 47.4 Å². The second-order valence-corrected chi connectivity index (χ2v) is 23.6. The number of aliphatic hydroxyl groups is 14. The Bertz CT molecular complexity index is 1980. The summed E-state index contributed by atoms with van der Waals surface area (Å²) in [5.41, 5.74) is 0.345. The molecule has 0 aromatic carbocycles. The van der Waals surface area contributed by atoms with Crippen molar-refractivity contribution in [2.24, 2.45) is 46.3 Å². The lowest BCUT2D eigenvalue weighted by Gasteiger charge is -2.60. The van der Waals surface area contributed by atoms with Crippen molar-refractivity contribution in [1.29, 1.82) is 0 Å². The molecule has 0 radical (unpaired) electrons. The topological polar surface area (TPSA) is 383 Å². The molecule has 0 aromatic rings. The Morgan fingerprint density at radius 1 is 0.600 bits per heavy atom. The zero-order valence-electron chi connectivity index (χ0n) is 42.9. The van der Waals surface area contributed by atoms with Gasteiger partial charge in [-0.2, -0.15) is 0 Å². The molecule has 9 aliphatic rings. The second kappa shape index (κ2) is 23.1. The van der Waals surface area contributed by atoms with Crippen LogP contribution in [0.4, 0.5) is 0 Å². The molecule has 5 heterocycles. The summed E-state index contributed by atoms with van der Waals surface area (Å²) in [5.74, 6) is 1.88. The standard InChI is InChI=1S/C51H82O24/c1-19(18-67-46-41(64)37(60)34(57)28(14-52)70-46)5-8-26-20(2)33-27(69-26)12-25-23-7-6-21-11-22(9-10-50(21,3)24(23)13-32(56)51(25,33)4)68-47-43(66)40(63)44(31(17-55)73-47)74-49-45(39(62)36(59)30(16-54)72-49)75-48-42(65)38(61)35(58)29(15-53)71-48/h19,21-25,27-31,33-49,52-55,57-66H,5-18H2,1-4H3/t19-,21+,22+,23-,24+,25+,27+,28-,29-,30-,31-,33+,34-,35-,36-,37+,38+,39+,40-,41-,42-,43-,44-,45-,46-,47-,48+,49+,50+,51-/m1/s1. The van der Waals surface area contributed by atoms with Crippen LogP contribution in [0.2, 0.25) is 0 Å². The molecule has 0 bridgehead atoms. The maximum absolute atomic E-state index is 14.7. The van der Waals surface area contributed by atoms with Gasteiger partial charge in [0.05, 0.1) is 44.9 Å². The third-order valence-electron chi connectivity index (χ3n) is 19.4. The van der Waals surface area contributed by atoms with E-state index in [0.29, 0.717) is 38.0 Å². The number of hydrogen-bond acceptors (Lipinski definition) is 24. The molecule has 0 spiro atoms. The highest BCUT2D eigenvalue weighted by Gasteiger charge is 2.68. The number of Topliss-reactive ketones (excluding diaryl/α,β-unsaturated/α-hetero) is 1. The fourth-order valence-corrected chi connectivity index (χ4v) is 14.9. The molecular weight excluding hydrogens is 997 g/mol. The van der Waals surface area contributed by atoms with Gasteiger partial charge in [-0.15, -0.1) is 0 Å². The fraction of sp³-hybridized carbons (Fsp3) is 0.941. The number of carbonyl (C=O) groups excluding carboxylic acids is 1. The molecular formula is C51H82O24. The Morgan fingerprint density at radius 2 is 1.13 bits per heavy atom. The summed E-state index contributed by atoms with van der Waals surface area (Å²) >= 11 is 0. The summed E-state index contributed by atoms with van der Waals surface area (Å²) in [6.07, 6.45) is -26.4. The number of ether oxygens (including phenoxy) is 9. The van der Waals surface area contributed by atoms with Crippen LogP contribution in [0, 0.1) is 46.3 Å². The maximum Gasteiger partial charge on any atom is 0.187 e. The number of fused-ring (bicyclic) bond motifs is 7. The first kappa shape index (κ1) is 58.0. The summed E-state index contributed by atoms with van der Waals surface area (Å²) in [6, 6.07) is 0. The highest BCUT2D eigenvalue weighted by molar-refractivity contribution is 5.87. The summed E-state index contributed by atoms with van der Waals surface area (Å²) in [7, 11) is 0. The lowest BCUT2D eigenvalue weighted by molar-refractivity contribution is -0.390. The number of rotatable bonds is 16. The highest BCUT2D eigenvalue weighted by Crippen LogP contribution is 2.69. The fourth-order valence-electron chi connectivity index (χ4n) is 14.9. The third kappa shape index (κ3) is 10.4. The molecule has 430 valence electrons. The van der Waals surface area contributed by atoms with Crippen LogP contribution >= 0.6 is 0 Å². The molecule has 9 rings (SSSR count). The second-order valence-electron chi connectivity index (χ2n) is 23.6. The van der Waals surface area contributed by atoms with Gasteiger partial charge in [-0.1, -0.05) is 20.8 Å². The zero-order valence-corrected chi connectivity index (χ0v) is 42.9. The van der Waals surface area contributed by atoms with Gasteiger partial charge < -0.3 is 114 Å². The smallest absolute Gasteiger partial charge is 0.187 e. The summed E-state index contributed by atoms with van der Waals surface area (Å²) in [5, 5.41) is 147. The highest BCUT2D eigenvalue weighted by atomic mass is 16.8. The molecule has 4 saturated carbocycles. The van der Waals surface area contributed by atoms with Crippen LogP contribution in [0.1, 0.15) is 85.5 Å². The average Bonchev–Trinajstić information content (AvgIpc) is 3.89. The first-order valence-electron chi connectivity index (χ1n) is 26.9. The molecule has 75 heavy (non-hydrogen) atoms. The van der Waals surface area contributed by atoms with Crippen LogP contribution in [0.3, 0.4) is 0 Å². The normalized spacial score (nSPS) is 52.4. The molecule has 24 heteroatoms. The van der Waals surface area contributed by atoms with Gasteiger partial charge in [0, 0.05) is 24.2 Å². The van der Waals surface area contributed by atoms with Gasteiger partial charge in [-0.3, -0.25) is 4.79 Å². The predicted molar refractivity (Wildman–Crippen MR) is 251 cm³/mol. The monoisotopic (exact) mass is 1080 g/mol. The minimum absolute atomic E-state index is 0.00169. The molecule has 24 nitrogen and oxygen atoms in total. The molecule has 0 unspecified atom stereocenters. The van der Waals surface area contributed by atoms with Gasteiger partial charge >= 0.3 is 0 Å². The number of allylic oxidation sites excluding steroid dienone is 1. The zero-order chi connectivity index (χ0) is 54.2. The Hall–Kier alpha value is -1.67. The van der Waals surface area contributed by atoms with Crippen molar-refractivity contribution in [2.45, 2.75) is 221 Å². The van der Waals surface area contributed by atoms with E-state index in [0.717, 1.165) is 37.0 Å². The lowest BCUT2D eigenvalue weighted by atomic mass is 9.44. The van der Waals surface area contributed by atoms with E-state index in [1.165, 1.54) is 0 Å². The van der Waals surface area contributed by atoms with E-state index in [-0.39, 0.29) is 53.5 Å². The van der Waals surface area contributed by atoms with E-state index >= 15 is 0 Å². The average molecular weight is 1080 g/mol. The Labute approximate surface area is 435 Å². The quantitative estimate of drug-likeness (QED) is 0.0659. The summed E-state index contributed by atoms with van der Waals surface area (Å²) in [6.45, 7) is 5.80. The van der Waals surface area contributed by atoms with E-state index < -0.39 is 161 Å². The van der Waals surface area contributed by atoms with E-state index in [1.807, 2.05) is 6.92 Å². The van der Waals surface area contributed by atoms with Gasteiger partial charge in [-0.05, 0) is 92.4 Å². The molecule has 0 amide bonds. The number of carbonyl (C=O) groups is 1. The van der Waals surface area contributed by atoms with Crippen molar-refractivity contribution in [3.8, 4) is 0 Å². The van der Waals surface area contributed by atoms with Gasteiger partial charge in [0.2, 0.25) is 0 Å². The molecule has 4 saturated heterocycles. The van der Waals surface area contributed by atoms with Gasteiger partial charge in [0.25, 0.3) is 0 Å². The largest absolute Gasteiger partial charge is 0.494 e. The summed E-state index contributed by atoms with van der Waals surface area (Å²) < 4.78 is 53.4. The minimum Gasteiger partial charge on any atom is -0.494 e. The molecule has 4 aliphatic carbocycles. The van der Waals surface area contributed by atoms with Crippen molar-refractivity contribution >= 4 is 5.78 Å². The lowest BCUT2D eigenvalue weighted by Crippen LogP contribution is -2.67. The van der Waals surface area contributed by atoms with Crippen LogP contribution in [0.15, 0.2) is 11.3 Å². The van der Waals surface area contributed by atoms with Gasteiger partial charge in [0.15, 0.2) is 25.2 Å². The van der Waals surface area contributed by atoms with E-state index in [4.69, 9.17) is 42.6 Å². The number of aliphatic hydroxyl groups excluding tert-OH is 14. The maximum atomic E-state index is 14.7. The van der Waals surface area contributed by atoms with Crippen LogP contribution in [0.5, 0.6) is 0 Å². The Balaban J connectivity index is 0.798. The van der Waals surface area contributed by atoms with E-state index in [1.54, 1.807) is 0 Å². The molecule has 14 N–H and O–H groups in total. The van der Waals surface area contributed by atoms with Crippen molar-refractivity contribution < 1.29 is 119 Å². The first-order valence-corrected chi connectivity index (χ1v) is 26.9. The van der Waals surface area contributed by atoms with Gasteiger partial charge in [0.1, 0.15) is 110 Å². The predicted octanol–water partition coefficient (Wildman–Crippen LogP) is -3.83. The molecule has 8 fully saturated rings. The molecule has 5 aliphatic heterocycles. The van der Waals surface area contributed by atoms with Crippen molar-refractivity contribution in [2.75, 3.05) is 33.0 Å². The molecule has 30 atom stereocenters. The van der Waals surface area contributed by atoms with Gasteiger partial charge in [-0.25, -0.2) is 0 Å². The molecule has 0 aromatic heterocycles. The van der Waals surface area contributed by atoms with Crippen molar-refractivity contribution in [3.63, 3.8) is 0 Å². The number of ketones is 1. The minimum atomic E-state index is -1.92. The van der Waals surface area contributed by atoms with Crippen LogP contribution in [-0.4, -0.2) is 245 Å². The number of hydrogen-bond donors (Lipinski definition) is 14. The van der Waals surface area contributed by atoms with Crippen LogP contribution < -0.4 is 0 Å². The van der Waals surface area contributed by atoms with Crippen molar-refractivity contribution in [3.05, 3.63) is 11.3 Å². The third-order valence-corrected chi connectivity index (χ3v) is 19.4.